The van der Waals surface area contributed by atoms with E-state index in [1.165, 1.54) is 10.5 Å². The maximum absolute atomic E-state index is 11.1. The zero-order valence-corrected chi connectivity index (χ0v) is 12.7. The maximum atomic E-state index is 11.1. The summed E-state index contributed by atoms with van der Waals surface area (Å²) in [5.74, 6) is 0. The first-order chi connectivity index (χ1) is 10.1. The molecule has 116 valence electrons. The van der Waals surface area contributed by atoms with Crippen molar-refractivity contribution >= 4 is 6.09 Å². The number of ether oxygens (including phenoxy) is 1. The minimum atomic E-state index is -0.825. The number of hydrogen-bond donors (Lipinski definition) is 1. The summed E-state index contributed by atoms with van der Waals surface area (Å²) in [5.41, 5.74) is 1.18. The molecule has 2 unspecified atom stereocenters. The van der Waals surface area contributed by atoms with Crippen molar-refractivity contribution in [3.63, 3.8) is 0 Å². The van der Waals surface area contributed by atoms with E-state index >= 15 is 0 Å². The molecule has 5 heteroatoms. The fraction of sp³-hybridized carbons (Fsp3) is 0.562. The summed E-state index contributed by atoms with van der Waals surface area (Å²) >= 11 is 0. The molecular formula is C16H24N2O3. The van der Waals surface area contributed by atoms with Gasteiger partial charge >= 0.3 is 6.09 Å². The Bertz CT molecular complexity index is 440. The van der Waals surface area contributed by atoms with Gasteiger partial charge in [-0.15, -0.1) is 0 Å². The first-order valence-electron chi connectivity index (χ1n) is 7.43. The van der Waals surface area contributed by atoms with E-state index in [2.05, 4.69) is 30.9 Å². The molecule has 21 heavy (non-hydrogen) atoms. The van der Waals surface area contributed by atoms with E-state index in [1.807, 2.05) is 18.2 Å². The predicted octanol–water partition coefficient (Wildman–Crippen LogP) is 2.28. The number of nitrogens with zero attached hydrogens (tertiary/aromatic N) is 2. The summed E-state index contributed by atoms with van der Waals surface area (Å²) in [6, 6.07) is 10.6. The molecule has 1 aromatic carbocycles. The van der Waals surface area contributed by atoms with Gasteiger partial charge in [-0.05, 0) is 19.4 Å². The van der Waals surface area contributed by atoms with Crippen LogP contribution in [0, 0.1) is 0 Å². The highest BCUT2D eigenvalue weighted by Crippen LogP contribution is 2.15. The predicted molar refractivity (Wildman–Crippen MR) is 81.3 cm³/mol. The van der Waals surface area contributed by atoms with Crippen LogP contribution in [-0.4, -0.2) is 59.3 Å². The van der Waals surface area contributed by atoms with E-state index in [0.29, 0.717) is 26.3 Å². The molecule has 0 aliphatic carbocycles. The molecule has 0 saturated carbocycles. The second kappa shape index (κ2) is 7.43. The first-order valence-corrected chi connectivity index (χ1v) is 7.43. The van der Waals surface area contributed by atoms with Crippen molar-refractivity contribution in [3.05, 3.63) is 35.9 Å². The van der Waals surface area contributed by atoms with E-state index in [1.54, 1.807) is 0 Å². The van der Waals surface area contributed by atoms with Crippen LogP contribution in [0.25, 0.3) is 0 Å². The van der Waals surface area contributed by atoms with Gasteiger partial charge in [0, 0.05) is 31.7 Å². The Morgan fingerprint density at radius 3 is 2.43 bits per heavy atom. The number of carboxylic acid groups (broad SMARTS) is 1. The Balaban J connectivity index is 1.74. The average Bonchev–Trinajstić information content (AvgIpc) is 2.46. The molecule has 1 fully saturated rings. The molecule has 1 aromatic rings. The highest BCUT2D eigenvalue weighted by Gasteiger charge is 2.31. The lowest BCUT2D eigenvalue weighted by molar-refractivity contribution is 0.0137. The topological polar surface area (TPSA) is 53.0 Å². The van der Waals surface area contributed by atoms with E-state index < -0.39 is 6.09 Å². The van der Waals surface area contributed by atoms with Crippen LogP contribution in [0.1, 0.15) is 19.4 Å². The lowest BCUT2D eigenvalue weighted by atomic mass is 10.1. The lowest BCUT2D eigenvalue weighted by Crippen LogP contribution is -2.58. The zero-order chi connectivity index (χ0) is 15.2. The standard InChI is InChI=1S/C16H24N2O3/c1-13-10-17(16(19)20)11-14(2)18(13)8-9-21-12-15-6-4-3-5-7-15/h3-7,13-14H,8-12H2,1-2H3,(H,19,20). The van der Waals surface area contributed by atoms with Gasteiger partial charge in [0.2, 0.25) is 0 Å². The smallest absolute Gasteiger partial charge is 0.407 e. The Kier molecular flexibility index (Phi) is 5.59. The van der Waals surface area contributed by atoms with Crippen molar-refractivity contribution in [2.75, 3.05) is 26.2 Å². The van der Waals surface area contributed by atoms with Gasteiger partial charge in [-0.1, -0.05) is 30.3 Å². The van der Waals surface area contributed by atoms with Crippen molar-refractivity contribution in [2.45, 2.75) is 32.5 Å². The normalized spacial score (nSPS) is 23.2. The quantitative estimate of drug-likeness (QED) is 0.846. The van der Waals surface area contributed by atoms with Gasteiger partial charge in [0.15, 0.2) is 0 Å². The highest BCUT2D eigenvalue weighted by molar-refractivity contribution is 5.65. The summed E-state index contributed by atoms with van der Waals surface area (Å²) in [5, 5.41) is 9.08. The summed E-state index contributed by atoms with van der Waals surface area (Å²) < 4.78 is 5.72. The van der Waals surface area contributed by atoms with Crippen LogP contribution in [0.4, 0.5) is 4.79 Å². The second-order valence-electron chi connectivity index (χ2n) is 5.66. The highest BCUT2D eigenvalue weighted by atomic mass is 16.5. The number of amides is 1. The molecule has 1 N–H and O–H groups in total. The van der Waals surface area contributed by atoms with Crippen LogP contribution in [0.5, 0.6) is 0 Å². The van der Waals surface area contributed by atoms with Gasteiger partial charge in [-0.25, -0.2) is 4.79 Å². The molecule has 1 saturated heterocycles. The van der Waals surface area contributed by atoms with E-state index in [4.69, 9.17) is 9.84 Å². The van der Waals surface area contributed by atoms with E-state index in [0.717, 1.165) is 6.54 Å². The van der Waals surface area contributed by atoms with Crippen molar-refractivity contribution in [3.8, 4) is 0 Å². The maximum Gasteiger partial charge on any atom is 0.407 e. The summed E-state index contributed by atoms with van der Waals surface area (Å²) in [7, 11) is 0. The van der Waals surface area contributed by atoms with Gasteiger partial charge in [-0.2, -0.15) is 0 Å². The van der Waals surface area contributed by atoms with Gasteiger partial charge in [0.1, 0.15) is 0 Å². The van der Waals surface area contributed by atoms with Gasteiger partial charge in [-0.3, -0.25) is 4.90 Å². The molecule has 0 spiro atoms. The first kappa shape index (κ1) is 15.8. The molecule has 1 amide bonds. The molecule has 0 radical (unpaired) electrons. The Labute approximate surface area is 126 Å². The van der Waals surface area contributed by atoms with Crippen LogP contribution >= 0.6 is 0 Å². The van der Waals surface area contributed by atoms with Crippen molar-refractivity contribution in [1.82, 2.24) is 9.80 Å². The zero-order valence-electron chi connectivity index (χ0n) is 12.7. The van der Waals surface area contributed by atoms with E-state index in [9.17, 15) is 4.79 Å². The van der Waals surface area contributed by atoms with Crippen LogP contribution in [0.3, 0.4) is 0 Å². The molecule has 5 nitrogen and oxygen atoms in total. The summed E-state index contributed by atoms with van der Waals surface area (Å²) in [6.07, 6.45) is -0.825. The van der Waals surface area contributed by atoms with Crippen LogP contribution in [-0.2, 0) is 11.3 Å². The SMILES string of the molecule is CC1CN(C(=O)O)CC(C)N1CCOCc1ccccc1. The van der Waals surface area contributed by atoms with Gasteiger partial charge in [0.25, 0.3) is 0 Å². The third-order valence-corrected chi connectivity index (χ3v) is 3.98. The number of rotatable bonds is 5. The molecule has 1 aliphatic heterocycles. The Morgan fingerprint density at radius 2 is 1.86 bits per heavy atom. The third kappa shape index (κ3) is 4.44. The fourth-order valence-electron chi connectivity index (χ4n) is 2.89. The third-order valence-electron chi connectivity index (χ3n) is 3.98. The number of hydrogen-bond acceptors (Lipinski definition) is 3. The van der Waals surface area contributed by atoms with Crippen molar-refractivity contribution in [2.24, 2.45) is 0 Å². The largest absolute Gasteiger partial charge is 0.465 e. The minimum Gasteiger partial charge on any atom is -0.465 e. The molecule has 1 aliphatic rings. The van der Waals surface area contributed by atoms with Crippen LogP contribution in [0.15, 0.2) is 30.3 Å². The monoisotopic (exact) mass is 292 g/mol. The van der Waals surface area contributed by atoms with Gasteiger partial charge in [0.05, 0.1) is 13.2 Å². The number of piperazine rings is 1. The molecule has 2 atom stereocenters. The molecule has 2 rings (SSSR count). The Morgan fingerprint density at radius 1 is 1.24 bits per heavy atom. The minimum absolute atomic E-state index is 0.227. The summed E-state index contributed by atoms with van der Waals surface area (Å²) in [6.45, 7) is 7.40. The Hall–Kier alpha value is -1.59. The number of carbonyl (C=O) groups is 1. The molecular weight excluding hydrogens is 268 g/mol. The molecule has 0 bridgehead atoms. The van der Waals surface area contributed by atoms with Crippen molar-refractivity contribution in [1.29, 1.82) is 0 Å². The molecule has 0 aromatic heterocycles. The summed E-state index contributed by atoms with van der Waals surface area (Å²) in [4.78, 5) is 14.9. The average molecular weight is 292 g/mol. The lowest BCUT2D eigenvalue weighted by Gasteiger charge is -2.43. The molecule has 1 heterocycles. The van der Waals surface area contributed by atoms with Crippen LogP contribution in [0.2, 0.25) is 0 Å². The van der Waals surface area contributed by atoms with Crippen molar-refractivity contribution < 1.29 is 14.6 Å². The van der Waals surface area contributed by atoms with Gasteiger partial charge < -0.3 is 14.7 Å². The van der Waals surface area contributed by atoms with Crippen LogP contribution < -0.4 is 0 Å². The number of benzene rings is 1. The fourth-order valence-corrected chi connectivity index (χ4v) is 2.89. The second-order valence-corrected chi connectivity index (χ2v) is 5.66. The van der Waals surface area contributed by atoms with E-state index in [-0.39, 0.29) is 12.1 Å².